The molecule has 2 heterocycles. The van der Waals surface area contributed by atoms with E-state index in [2.05, 4.69) is 26.7 Å². The van der Waals surface area contributed by atoms with Gasteiger partial charge in [-0.3, -0.25) is 4.68 Å². The summed E-state index contributed by atoms with van der Waals surface area (Å²) in [6, 6.07) is 15.8. The van der Waals surface area contributed by atoms with Gasteiger partial charge in [-0.05, 0) is 23.8 Å². The molecular formula is C19H13FN6. The van der Waals surface area contributed by atoms with E-state index in [1.807, 2.05) is 30.5 Å². The van der Waals surface area contributed by atoms with Crippen molar-refractivity contribution in [3.8, 4) is 6.07 Å². The highest BCUT2D eigenvalue weighted by molar-refractivity contribution is 5.94. The molecule has 2 aromatic heterocycles. The van der Waals surface area contributed by atoms with Gasteiger partial charge in [0.15, 0.2) is 5.69 Å². The molecule has 0 aliphatic rings. The molecule has 0 amide bonds. The Kier molecular flexibility index (Phi) is 4.00. The van der Waals surface area contributed by atoms with E-state index in [0.29, 0.717) is 17.7 Å². The smallest absolute Gasteiger partial charge is 0.187 e. The largest absolute Gasteiger partial charge is 0.350 e. The summed E-state index contributed by atoms with van der Waals surface area (Å²) in [4.78, 5) is 0. The first-order valence-corrected chi connectivity index (χ1v) is 7.92. The van der Waals surface area contributed by atoms with Crippen molar-refractivity contribution in [2.24, 2.45) is 0 Å². The summed E-state index contributed by atoms with van der Waals surface area (Å²) < 4.78 is 14.7. The number of hydrogen-bond donors (Lipinski definition) is 1. The first kappa shape index (κ1) is 15.7. The standard InChI is InChI=1S/C19H13FN6/c20-14-7-5-13(6-8-14)11-26-12-15(10-22-26)23-19-16-3-1-2-4-17(16)24-25-18(19)9-21/h1-8,10,12H,11H2,(H,23,24). The quantitative estimate of drug-likeness (QED) is 0.611. The zero-order valence-electron chi connectivity index (χ0n) is 13.6. The minimum atomic E-state index is -0.266. The highest BCUT2D eigenvalue weighted by atomic mass is 19.1. The van der Waals surface area contributed by atoms with Crippen molar-refractivity contribution in [2.45, 2.75) is 6.54 Å². The average molecular weight is 344 g/mol. The molecule has 0 aliphatic heterocycles. The minimum Gasteiger partial charge on any atom is -0.350 e. The van der Waals surface area contributed by atoms with E-state index < -0.39 is 0 Å². The molecule has 4 rings (SSSR count). The van der Waals surface area contributed by atoms with Crippen molar-refractivity contribution in [3.05, 3.63) is 78.0 Å². The lowest BCUT2D eigenvalue weighted by molar-refractivity contribution is 0.624. The molecule has 0 fully saturated rings. The van der Waals surface area contributed by atoms with Crippen LogP contribution < -0.4 is 5.32 Å². The van der Waals surface area contributed by atoms with Crippen molar-refractivity contribution in [2.75, 3.05) is 5.32 Å². The van der Waals surface area contributed by atoms with Gasteiger partial charge >= 0.3 is 0 Å². The molecule has 126 valence electrons. The second-order valence-electron chi connectivity index (χ2n) is 5.73. The second kappa shape index (κ2) is 6.61. The van der Waals surface area contributed by atoms with Crippen LogP contribution in [0.25, 0.3) is 10.9 Å². The van der Waals surface area contributed by atoms with Gasteiger partial charge in [-0.2, -0.15) is 10.4 Å². The van der Waals surface area contributed by atoms with Crippen LogP contribution in [0.1, 0.15) is 11.3 Å². The Labute approximate surface area is 148 Å². The predicted octanol–water partition coefficient (Wildman–Crippen LogP) is 3.63. The highest BCUT2D eigenvalue weighted by Gasteiger charge is 2.11. The Morgan fingerprint density at radius 1 is 1.08 bits per heavy atom. The number of benzene rings is 2. The molecule has 0 spiro atoms. The molecule has 7 heteroatoms. The van der Waals surface area contributed by atoms with Crippen molar-refractivity contribution in [3.63, 3.8) is 0 Å². The summed E-state index contributed by atoms with van der Waals surface area (Å²) in [5.41, 5.74) is 3.18. The molecule has 0 saturated heterocycles. The molecule has 0 radical (unpaired) electrons. The Bertz CT molecular complexity index is 1110. The fraction of sp³-hybridized carbons (Fsp3) is 0.0526. The van der Waals surface area contributed by atoms with Crippen LogP contribution in [-0.2, 0) is 6.54 Å². The van der Waals surface area contributed by atoms with E-state index in [0.717, 1.165) is 16.6 Å². The summed E-state index contributed by atoms with van der Waals surface area (Å²) >= 11 is 0. The molecule has 0 bridgehead atoms. The fourth-order valence-electron chi connectivity index (χ4n) is 2.69. The number of nitrogens with one attached hydrogen (secondary N) is 1. The topological polar surface area (TPSA) is 79.4 Å². The zero-order valence-corrected chi connectivity index (χ0v) is 13.6. The Morgan fingerprint density at radius 2 is 1.88 bits per heavy atom. The van der Waals surface area contributed by atoms with E-state index in [1.165, 1.54) is 12.1 Å². The second-order valence-corrected chi connectivity index (χ2v) is 5.73. The molecule has 0 unspecified atom stereocenters. The van der Waals surface area contributed by atoms with Gasteiger partial charge in [0.25, 0.3) is 0 Å². The maximum Gasteiger partial charge on any atom is 0.187 e. The van der Waals surface area contributed by atoms with Crippen LogP contribution in [0.15, 0.2) is 60.9 Å². The van der Waals surface area contributed by atoms with Gasteiger partial charge in [0.2, 0.25) is 0 Å². The maximum atomic E-state index is 13.0. The number of nitriles is 1. The lowest BCUT2D eigenvalue weighted by atomic mass is 10.1. The van der Waals surface area contributed by atoms with Gasteiger partial charge in [-0.1, -0.05) is 30.3 Å². The van der Waals surface area contributed by atoms with Crippen LogP contribution in [0.5, 0.6) is 0 Å². The minimum absolute atomic E-state index is 0.218. The molecule has 26 heavy (non-hydrogen) atoms. The molecule has 0 atom stereocenters. The van der Waals surface area contributed by atoms with Crippen molar-refractivity contribution >= 4 is 22.3 Å². The van der Waals surface area contributed by atoms with Gasteiger partial charge < -0.3 is 5.32 Å². The molecule has 0 aliphatic carbocycles. The summed E-state index contributed by atoms with van der Waals surface area (Å²) in [5, 5.41) is 25.7. The van der Waals surface area contributed by atoms with Gasteiger partial charge in [-0.15, -0.1) is 10.2 Å². The third-order valence-electron chi connectivity index (χ3n) is 3.93. The molecular weight excluding hydrogens is 331 g/mol. The summed E-state index contributed by atoms with van der Waals surface area (Å²) in [5.74, 6) is -0.266. The van der Waals surface area contributed by atoms with E-state index in [4.69, 9.17) is 0 Å². The number of fused-ring (bicyclic) bond motifs is 1. The third-order valence-corrected chi connectivity index (χ3v) is 3.93. The summed E-state index contributed by atoms with van der Waals surface area (Å²) in [7, 11) is 0. The third kappa shape index (κ3) is 3.08. The van der Waals surface area contributed by atoms with Crippen molar-refractivity contribution in [1.82, 2.24) is 20.0 Å². The monoisotopic (exact) mass is 344 g/mol. The number of rotatable bonds is 4. The molecule has 0 saturated carbocycles. The SMILES string of the molecule is N#Cc1nnc2ccccc2c1Nc1cnn(Cc2ccc(F)cc2)c1. The van der Waals surface area contributed by atoms with Gasteiger partial charge in [0.1, 0.15) is 11.9 Å². The van der Waals surface area contributed by atoms with Crippen LogP contribution in [-0.4, -0.2) is 20.0 Å². The predicted molar refractivity (Wildman–Crippen MR) is 95.3 cm³/mol. The van der Waals surface area contributed by atoms with E-state index >= 15 is 0 Å². The zero-order chi connectivity index (χ0) is 17.9. The lowest BCUT2D eigenvalue weighted by Gasteiger charge is -2.08. The number of hydrogen-bond acceptors (Lipinski definition) is 5. The fourth-order valence-corrected chi connectivity index (χ4v) is 2.69. The van der Waals surface area contributed by atoms with Gasteiger partial charge in [0, 0.05) is 11.6 Å². The lowest BCUT2D eigenvalue weighted by Crippen LogP contribution is -2.00. The van der Waals surface area contributed by atoms with Crippen LogP contribution >= 0.6 is 0 Å². The van der Waals surface area contributed by atoms with Crippen LogP contribution in [0.4, 0.5) is 15.8 Å². The summed E-state index contributed by atoms with van der Waals surface area (Å²) in [6.07, 6.45) is 3.49. The normalized spacial score (nSPS) is 10.6. The van der Waals surface area contributed by atoms with Crippen molar-refractivity contribution < 1.29 is 4.39 Å². The van der Waals surface area contributed by atoms with Crippen LogP contribution in [0.2, 0.25) is 0 Å². The number of anilines is 2. The summed E-state index contributed by atoms with van der Waals surface area (Å²) in [6.45, 7) is 0.516. The first-order chi connectivity index (χ1) is 12.7. The molecule has 4 aromatic rings. The number of halogens is 1. The highest BCUT2D eigenvalue weighted by Crippen LogP contribution is 2.27. The van der Waals surface area contributed by atoms with Gasteiger partial charge in [-0.25, -0.2) is 4.39 Å². The molecule has 1 N–H and O–H groups in total. The molecule has 6 nitrogen and oxygen atoms in total. The van der Waals surface area contributed by atoms with Crippen molar-refractivity contribution in [1.29, 1.82) is 5.26 Å². The van der Waals surface area contributed by atoms with Crippen LogP contribution in [0.3, 0.4) is 0 Å². The Hall–Kier alpha value is -3.79. The van der Waals surface area contributed by atoms with Gasteiger partial charge in [0.05, 0.1) is 29.6 Å². The van der Waals surface area contributed by atoms with Crippen LogP contribution in [0, 0.1) is 17.1 Å². The van der Waals surface area contributed by atoms with E-state index in [-0.39, 0.29) is 11.5 Å². The van der Waals surface area contributed by atoms with E-state index in [1.54, 1.807) is 23.0 Å². The maximum absolute atomic E-state index is 13.0. The Balaban J connectivity index is 1.62. The van der Waals surface area contributed by atoms with E-state index in [9.17, 15) is 9.65 Å². The number of nitrogens with zero attached hydrogens (tertiary/aromatic N) is 5. The first-order valence-electron chi connectivity index (χ1n) is 7.92. The molecule has 2 aromatic carbocycles. The Morgan fingerprint density at radius 3 is 2.69 bits per heavy atom. The average Bonchev–Trinajstić information content (AvgIpc) is 3.11. The number of aromatic nitrogens is 4.